The monoisotopic (exact) mass is 431 g/mol. The van der Waals surface area contributed by atoms with Gasteiger partial charge in [0.2, 0.25) is 0 Å². The Morgan fingerprint density at radius 2 is 2.06 bits per heavy atom. The molecule has 3 aromatic rings. The molecule has 2 aromatic carbocycles. The van der Waals surface area contributed by atoms with Crippen LogP contribution in [0.5, 0.6) is 11.5 Å². The Morgan fingerprint density at radius 3 is 2.94 bits per heavy atom. The largest absolute Gasteiger partial charge is 0.508 e. The first-order valence-corrected chi connectivity index (χ1v) is 11.4. The van der Waals surface area contributed by atoms with Crippen LogP contribution in [0.2, 0.25) is 0 Å². The number of fused-ring (bicyclic) bond motifs is 3. The van der Waals surface area contributed by atoms with Crippen LogP contribution in [0.25, 0.3) is 16.8 Å². The fourth-order valence-electron chi connectivity index (χ4n) is 5.14. The lowest BCUT2D eigenvalue weighted by Crippen LogP contribution is -2.36. The highest BCUT2D eigenvalue weighted by atomic mass is 16.5. The lowest BCUT2D eigenvalue weighted by molar-refractivity contribution is 0.140. The van der Waals surface area contributed by atoms with Gasteiger partial charge in [0.05, 0.1) is 0 Å². The molecular weight excluding hydrogens is 402 g/mol. The maximum absolute atomic E-state index is 12.2. The summed E-state index contributed by atoms with van der Waals surface area (Å²) in [6.07, 6.45) is 5.03. The number of aryl methyl sites for hydroxylation is 1. The second-order valence-electron chi connectivity index (χ2n) is 9.22. The third-order valence-corrected chi connectivity index (χ3v) is 6.93. The van der Waals surface area contributed by atoms with Crippen LogP contribution in [0.3, 0.4) is 0 Å². The maximum Gasteiger partial charge on any atom is 0.346 e. The molecule has 0 spiro atoms. The molecule has 2 heterocycles. The van der Waals surface area contributed by atoms with Gasteiger partial charge in [-0.15, -0.1) is 0 Å². The number of rotatable bonds is 5. The van der Waals surface area contributed by atoms with Gasteiger partial charge < -0.3 is 19.6 Å². The summed E-state index contributed by atoms with van der Waals surface area (Å²) in [4.78, 5) is 12.2. The molecule has 1 unspecified atom stereocenters. The van der Waals surface area contributed by atoms with Crippen LogP contribution in [0, 0.1) is 18.8 Å². The summed E-state index contributed by atoms with van der Waals surface area (Å²) in [5, 5.41) is 15.9. The van der Waals surface area contributed by atoms with Crippen molar-refractivity contribution in [1.29, 1.82) is 0 Å². The van der Waals surface area contributed by atoms with Crippen molar-refractivity contribution in [2.24, 2.45) is 11.8 Å². The number of ether oxygens (including phenoxy) is 1. The Balaban J connectivity index is 1.22. The third kappa shape index (κ3) is 4.05. The number of hydrogen-bond donors (Lipinski definition) is 2. The minimum atomic E-state index is -0.315. The first kappa shape index (κ1) is 20.8. The predicted molar refractivity (Wildman–Crippen MR) is 126 cm³/mol. The normalized spacial score (nSPS) is 20.8. The van der Waals surface area contributed by atoms with E-state index in [4.69, 9.17) is 9.15 Å². The molecule has 1 aliphatic carbocycles. The van der Waals surface area contributed by atoms with Gasteiger partial charge in [-0.2, -0.15) is 0 Å². The second kappa shape index (κ2) is 8.47. The summed E-state index contributed by atoms with van der Waals surface area (Å²) < 4.78 is 11.5. The molecule has 1 aromatic heterocycles. The highest BCUT2D eigenvalue weighted by Gasteiger charge is 2.33. The van der Waals surface area contributed by atoms with E-state index in [1.807, 2.05) is 42.5 Å². The van der Waals surface area contributed by atoms with Crippen LogP contribution in [-0.2, 0) is 6.54 Å². The number of hydrogen-bond acceptors (Lipinski definition) is 5. The van der Waals surface area contributed by atoms with Crippen molar-refractivity contribution in [3.05, 3.63) is 75.3 Å². The molecule has 5 nitrogen and oxygen atoms in total. The van der Waals surface area contributed by atoms with Crippen LogP contribution < -0.4 is 15.7 Å². The lowest BCUT2D eigenvalue weighted by atomic mass is 9.76. The SMILES string of the molecule is Cc1cc2c(c(=O)o1)C=C1CC[C@H](C(C)CNCc3cc(O)cc4ccccc34)C[C@@H]1O2. The minimum Gasteiger partial charge on any atom is -0.508 e. The number of nitrogens with one attached hydrogen (secondary N) is 1. The Labute approximate surface area is 187 Å². The fourth-order valence-corrected chi connectivity index (χ4v) is 5.14. The molecule has 0 saturated heterocycles. The molecule has 166 valence electrons. The van der Waals surface area contributed by atoms with E-state index in [2.05, 4.69) is 18.3 Å². The summed E-state index contributed by atoms with van der Waals surface area (Å²) in [5.41, 5.74) is 2.55. The Morgan fingerprint density at radius 1 is 1.22 bits per heavy atom. The van der Waals surface area contributed by atoms with E-state index in [0.717, 1.165) is 43.3 Å². The van der Waals surface area contributed by atoms with Gasteiger partial charge in [-0.25, -0.2) is 4.79 Å². The van der Waals surface area contributed by atoms with Crippen molar-refractivity contribution in [3.63, 3.8) is 0 Å². The first-order chi connectivity index (χ1) is 15.5. The van der Waals surface area contributed by atoms with Gasteiger partial charge in [-0.05, 0) is 84.7 Å². The maximum atomic E-state index is 12.2. The van der Waals surface area contributed by atoms with Gasteiger partial charge in [0, 0.05) is 12.6 Å². The van der Waals surface area contributed by atoms with Crippen LogP contribution in [0.4, 0.5) is 0 Å². The van der Waals surface area contributed by atoms with Crippen molar-refractivity contribution in [1.82, 2.24) is 5.32 Å². The Bertz CT molecular complexity index is 1240. The summed E-state index contributed by atoms with van der Waals surface area (Å²) in [5.74, 6) is 2.57. The standard InChI is InChI=1S/C27H29NO4/c1-16(14-28-15-21-11-22(29)10-19-5-3-4-6-23(19)21)18-7-8-20-12-24-26(32-25(20)13-18)9-17(2)31-27(24)30/h3-6,9-12,16,18,25,28-29H,7-8,13-15H2,1-2H3/t16?,18-,25-/m0/s1. The highest BCUT2D eigenvalue weighted by Crippen LogP contribution is 2.40. The van der Waals surface area contributed by atoms with Gasteiger partial charge in [0.1, 0.15) is 28.9 Å². The molecule has 1 aliphatic heterocycles. The molecule has 0 radical (unpaired) electrons. The van der Waals surface area contributed by atoms with E-state index in [1.54, 1.807) is 6.92 Å². The van der Waals surface area contributed by atoms with E-state index in [0.29, 0.717) is 34.7 Å². The summed E-state index contributed by atoms with van der Waals surface area (Å²) in [6, 6.07) is 13.6. The molecule has 1 saturated carbocycles. The molecule has 1 fully saturated rings. The topological polar surface area (TPSA) is 71.7 Å². The van der Waals surface area contributed by atoms with E-state index >= 15 is 0 Å². The summed E-state index contributed by atoms with van der Waals surface area (Å²) in [7, 11) is 0. The average molecular weight is 432 g/mol. The van der Waals surface area contributed by atoms with Crippen molar-refractivity contribution >= 4 is 16.8 Å². The number of phenols is 1. The number of benzene rings is 2. The van der Waals surface area contributed by atoms with E-state index in [1.165, 1.54) is 11.0 Å². The zero-order chi connectivity index (χ0) is 22.2. The Hall–Kier alpha value is -3.05. The zero-order valence-corrected chi connectivity index (χ0v) is 18.6. The quantitative estimate of drug-likeness (QED) is 0.583. The highest BCUT2D eigenvalue weighted by molar-refractivity contribution is 5.87. The van der Waals surface area contributed by atoms with Crippen LogP contribution in [0.15, 0.2) is 57.2 Å². The second-order valence-corrected chi connectivity index (χ2v) is 9.22. The van der Waals surface area contributed by atoms with Gasteiger partial charge in [0.15, 0.2) is 0 Å². The lowest BCUT2D eigenvalue weighted by Gasteiger charge is -2.37. The van der Waals surface area contributed by atoms with Crippen molar-refractivity contribution in [2.45, 2.75) is 45.8 Å². The molecule has 32 heavy (non-hydrogen) atoms. The fraction of sp³-hybridized carbons (Fsp3) is 0.370. The van der Waals surface area contributed by atoms with Crippen molar-refractivity contribution in [3.8, 4) is 11.5 Å². The minimum absolute atomic E-state index is 0.0416. The average Bonchev–Trinajstić information content (AvgIpc) is 2.77. The molecule has 0 amide bonds. The van der Waals surface area contributed by atoms with Crippen LogP contribution in [0.1, 0.15) is 43.1 Å². The smallest absolute Gasteiger partial charge is 0.346 e. The number of phenolic OH excluding ortho intramolecular Hbond substituents is 1. The van der Waals surface area contributed by atoms with E-state index < -0.39 is 0 Å². The van der Waals surface area contributed by atoms with Gasteiger partial charge in [0.25, 0.3) is 0 Å². The predicted octanol–water partition coefficient (Wildman–Crippen LogP) is 5.18. The number of aromatic hydroxyl groups is 1. The molecule has 5 heteroatoms. The molecule has 3 atom stereocenters. The van der Waals surface area contributed by atoms with Crippen LogP contribution in [-0.4, -0.2) is 17.8 Å². The first-order valence-electron chi connectivity index (χ1n) is 11.4. The summed E-state index contributed by atoms with van der Waals surface area (Å²) >= 11 is 0. The van der Waals surface area contributed by atoms with Crippen LogP contribution >= 0.6 is 0 Å². The van der Waals surface area contributed by atoms with Gasteiger partial charge in [-0.3, -0.25) is 0 Å². The molecule has 2 aliphatic rings. The summed E-state index contributed by atoms with van der Waals surface area (Å²) in [6.45, 7) is 5.69. The van der Waals surface area contributed by atoms with E-state index in [9.17, 15) is 9.90 Å². The third-order valence-electron chi connectivity index (χ3n) is 6.93. The van der Waals surface area contributed by atoms with Gasteiger partial charge >= 0.3 is 5.63 Å². The zero-order valence-electron chi connectivity index (χ0n) is 18.6. The van der Waals surface area contributed by atoms with Gasteiger partial charge in [-0.1, -0.05) is 31.2 Å². The molecule has 2 N–H and O–H groups in total. The van der Waals surface area contributed by atoms with E-state index in [-0.39, 0.29) is 11.7 Å². The molecule has 5 rings (SSSR count). The van der Waals surface area contributed by atoms with Crippen molar-refractivity contribution < 1.29 is 14.3 Å². The Kier molecular flexibility index (Phi) is 5.51. The van der Waals surface area contributed by atoms with Crippen molar-refractivity contribution in [2.75, 3.05) is 6.54 Å². The molecule has 0 bridgehead atoms. The molecular formula is C27H29NO4.